The second kappa shape index (κ2) is 10.4. The summed E-state index contributed by atoms with van der Waals surface area (Å²) in [6, 6.07) is 4.75. The van der Waals surface area contributed by atoms with Crippen LogP contribution in [0.25, 0.3) is 0 Å². The first-order valence-corrected chi connectivity index (χ1v) is 10.7. The van der Waals surface area contributed by atoms with Crippen molar-refractivity contribution in [3.8, 4) is 0 Å². The molecule has 0 radical (unpaired) electrons. The van der Waals surface area contributed by atoms with Crippen molar-refractivity contribution in [1.82, 2.24) is 25.7 Å². The number of guanidine groups is 1. The van der Waals surface area contributed by atoms with Gasteiger partial charge in [0, 0.05) is 24.4 Å². The zero-order valence-electron chi connectivity index (χ0n) is 16.3. The molecule has 7 nitrogen and oxygen atoms in total. The van der Waals surface area contributed by atoms with Gasteiger partial charge in [-0.15, -0.1) is 11.3 Å². The van der Waals surface area contributed by atoms with E-state index in [4.69, 9.17) is 9.52 Å². The number of likely N-dealkylation sites (tertiary alicyclic amines) is 1. The normalized spacial score (nSPS) is 16.6. The summed E-state index contributed by atoms with van der Waals surface area (Å²) in [6.45, 7) is 8.72. The number of nitrogens with one attached hydrogen (secondary N) is 2. The van der Waals surface area contributed by atoms with Crippen LogP contribution in [-0.2, 0) is 6.42 Å². The number of rotatable bonds is 9. The van der Waals surface area contributed by atoms with Gasteiger partial charge in [-0.3, -0.25) is 9.89 Å². The zero-order chi connectivity index (χ0) is 18.9. The summed E-state index contributed by atoms with van der Waals surface area (Å²) in [7, 11) is 0. The molecule has 2 aromatic rings. The Morgan fingerprint density at radius 1 is 1.37 bits per heavy atom. The molecule has 0 bridgehead atoms. The highest BCUT2D eigenvalue weighted by molar-refractivity contribution is 7.10. The number of aryl methyl sites for hydroxylation is 2. The molecule has 8 heteroatoms. The highest BCUT2D eigenvalue weighted by atomic mass is 32.1. The average Bonchev–Trinajstić information content (AvgIpc) is 3.42. The summed E-state index contributed by atoms with van der Waals surface area (Å²) in [6.07, 6.45) is 4.28. The largest absolute Gasteiger partial charge is 0.357 e. The van der Waals surface area contributed by atoms with Crippen LogP contribution in [0.15, 0.2) is 27.0 Å². The van der Waals surface area contributed by atoms with Gasteiger partial charge in [-0.2, -0.15) is 4.98 Å². The lowest BCUT2D eigenvalue weighted by atomic mass is 10.2. The van der Waals surface area contributed by atoms with Crippen molar-refractivity contribution in [1.29, 1.82) is 0 Å². The van der Waals surface area contributed by atoms with Crippen molar-refractivity contribution in [2.75, 3.05) is 32.7 Å². The maximum Gasteiger partial charge on any atom is 0.226 e. The van der Waals surface area contributed by atoms with Crippen LogP contribution in [0.1, 0.15) is 48.8 Å². The van der Waals surface area contributed by atoms with Crippen LogP contribution in [0.4, 0.5) is 0 Å². The summed E-state index contributed by atoms with van der Waals surface area (Å²) in [5.41, 5.74) is 0. The summed E-state index contributed by atoms with van der Waals surface area (Å²) >= 11 is 1.83. The average molecular weight is 391 g/mol. The third-order valence-corrected chi connectivity index (χ3v) is 5.62. The van der Waals surface area contributed by atoms with Crippen LogP contribution in [0.3, 0.4) is 0 Å². The molecule has 0 aliphatic carbocycles. The molecule has 2 aromatic heterocycles. The van der Waals surface area contributed by atoms with Gasteiger partial charge in [-0.25, -0.2) is 0 Å². The monoisotopic (exact) mass is 390 g/mol. The predicted octanol–water partition coefficient (Wildman–Crippen LogP) is 2.76. The molecule has 2 N–H and O–H groups in total. The smallest absolute Gasteiger partial charge is 0.226 e. The fraction of sp³-hybridized carbons (Fsp3) is 0.632. The van der Waals surface area contributed by atoms with Crippen molar-refractivity contribution < 1.29 is 4.52 Å². The van der Waals surface area contributed by atoms with Crippen molar-refractivity contribution in [2.45, 2.75) is 45.6 Å². The van der Waals surface area contributed by atoms with E-state index in [1.165, 1.54) is 30.8 Å². The minimum atomic E-state index is 0.379. The summed E-state index contributed by atoms with van der Waals surface area (Å²) in [4.78, 5) is 13.1. The van der Waals surface area contributed by atoms with Gasteiger partial charge in [0.15, 0.2) is 11.8 Å². The van der Waals surface area contributed by atoms with E-state index < -0.39 is 0 Å². The van der Waals surface area contributed by atoms with Gasteiger partial charge >= 0.3 is 0 Å². The molecule has 27 heavy (non-hydrogen) atoms. The quantitative estimate of drug-likeness (QED) is 0.389. The number of hydrogen-bond acceptors (Lipinski definition) is 6. The third kappa shape index (κ3) is 6.04. The molecule has 1 fully saturated rings. The van der Waals surface area contributed by atoms with E-state index in [0.717, 1.165) is 38.4 Å². The molecule has 148 valence electrons. The fourth-order valence-corrected chi connectivity index (χ4v) is 4.18. The third-order valence-electron chi connectivity index (χ3n) is 4.65. The highest BCUT2D eigenvalue weighted by Gasteiger charge is 2.24. The zero-order valence-corrected chi connectivity index (χ0v) is 17.1. The Morgan fingerprint density at radius 2 is 2.22 bits per heavy atom. The Labute approximate surface area is 165 Å². The van der Waals surface area contributed by atoms with Crippen LogP contribution < -0.4 is 10.6 Å². The maximum atomic E-state index is 5.16. The van der Waals surface area contributed by atoms with Crippen LogP contribution in [0.5, 0.6) is 0 Å². The number of aliphatic imine (C=N–C) groups is 1. The van der Waals surface area contributed by atoms with E-state index in [-0.39, 0.29) is 0 Å². The second-order valence-electron chi connectivity index (χ2n) is 6.76. The standard InChI is InChI=1S/C19H30N6OS/c1-3-20-19(21-10-6-9-18-23-15(2)24-26-18)22-14-16(17-8-7-13-27-17)25-11-4-5-12-25/h7-8,13,16H,3-6,9-12,14H2,1-2H3,(H2,20,21,22). The second-order valence-corrected chi connectivity index (χ2v) is 7.74. The van der Waals surface area contributed by atoms with Crippen LogP contribution in [0.2, 0.25) is 0 Å². The van der Waals surface area contributed by atoms with E-state index in [9.17, 15) is 0 Å². The SMILES string of the molecule is CCNC(=NCC(c1cccs1)N1CCCC1)NCCCc1nc(C)no1. The van der Waals surface area contributed by atoms with Gasteiger partial charge in [0.1, 0.15) is 0 Å². The number of aromatic nitrogens is 2. The Morgan fingerprint density at radius 3 is 2.89 bits per heavy atom. The van der Waals surface area contributed by atoms with Crippen LogP contribution in [0, 0.1) is 6.92 Å². The number of thiophene rings is 1. The molecular weight excluding hydrogens is 360 g/mol. The molecule has 1 unspecified atom stereocenters. The lowest BCUT2D eigenvalue weighted by Crippen LogP contribution is -2.39. The van der Waals surface area contributed by atoms with Crippen molar-refractivity contribution >= 4 is 17.3 Å². The van der Waals surface area contributed by atoms with Crippen LogP contribution >= 0.6 is 11.3 Å². The Bertz CT molecular complexity index is 693. The lowest BCUT2D eigenvalue weighted by molar-refractivity contribution is 0.255. The minimum Gasteiger partial charge on any atom is -0.357 e. The van der Waals surface area contributed by atoms with E-state index in [2.05, 4.69) is 50.1 Å². The Hall–Kier alpha value is -1.93. The molecule has 0 spiro atoms. The Balaban J connectivity index is 1.53. The number of hydrogen-bond donors (Lipinski definition) is 2. The molecule has 3 heterocycles. The molecule has 0 saturated carbocycles. The molecule has 1 saturated heterocycles. The summed E-state index contributed by atoms with van der Waals surface area (Å²) in [5, 5.41) is 12.8. The van der Waals surface area contributed by atoms with Gasteiger partial charge in [-0.1, -0.05) is 11.2 Å². The van der Waals surface area contributed by atoms with E-state index in [1.807, 2.05) is 18.3 Å². The predicted molar refractivity (Wildman–Crippen MR) is 109 cm³/mol. The molecule has 0 amide bonds. The van der Waals surface area contributed by atoms with E-state index in [1.54, 1.807) is 0 Å². The van der Waals surface area contributed by atoms with Crippen molar-refractivity contribution in [3.63, 3.8) is 0 Å². The van der Waals surface area contributed by atoms with Crippen molar-refractivity contribution in [3.05, 3.63) is 34.1 Å². The molecule has 1 atom stereocenters. The van der Waals surface area contributed by atoms with E-state index in [0.29, 0.717) is 17.8 Å². The molecule has 0 aromatic carbocycles. The first kappa shape index (κ1) is 19.8. The number of nitrogens with zero attached hydrogens (tertiary/aromatic N) is 4. The summed E-state index contributed by atoms with van der Waals surface area (Å²) in [5.74, 6) is 2.26. The van der Waals surface area contributed by atoms with E-state index >= 15 is 0 Å². The van der Waals surface area contributed by atoms with Crippen molar-refractivity contribution in [2.24, 2.45) is 4.99 Å². The maximum absolute atomic E-state index is 5.16. The molecule has 1 aliphatic heterocycles. The van der Waals surface area contributed by atoms with Gasteiger partial charge in [0.05, 0.1) is 12.6 Å². The van der Waals surface area contributed by atoms with Crippen LogP contribution in [-0.4, -0.2) is 53.7 Å². The molecule has 1 aliphatic rings. The summed E-state index contributed by atoms with van der Waals surface area (Å²) < 4.78 is 5.16. The Kier molecular flexibility index (Phi) is 7.65. The molecule has 3 rings (SSSR count). The molecular formula is C19H30N6OS. The first-order chi connectivity index (χ1) is 13.3. The van der Waals surface area contributed by atoms with Gasteiger partial charge < -0.3 is 15.2 Å². The minimum absolute atomic E-state index is 0.379. The fourth-order valence-electron chi connectivity index (χ4n) is 3.33. The van der Waals surface area contributed by atoms with Gasteiger partial charge in [-0.05, 0) is 57.6 Å². The highest BCUT2D eigenvalue weighted by Crippen LogP contribution is 2.28. The lowest BCUT2D eigenvalue weighted by Gasteiger charge is -2.25. The first-order valence-electron chi connectivity index (χ1n) is 9.85. The van der Waals surface area contributed by atoms with Gasteiger partial charge in [0.2, 0.25) is 5.89 Å². The van der Waals surface area contributed by atoms with Gasteiger partial charge in [0.25, 0.3) is 0 Å². The topological polar surface area (TPSA) is 78.6 Å².